The number of hydrogen-bond donors (Lipinski definition) is 1. The summed E-state index contributed by atoms with van der Waals surface area (Å²) in [5.41, 5.74) is 1.32. The topological polar surface area (TPSA) is 39.1 Å². The molecule has 19 heavy (non-hydrogen) atoms. The Morgan fingerprint density at radius 3 is 2.53 bits per heavy atom. The van der Waals surface area contributed by atoms with Crippen LogP contribution >= 0.6 is 0 Å². The van der Waals surface area contributed by atoms with E-state index in [1.165, 1.54) is 5.56 Å². The average molecular weight is 259 g/mol. The van der Waals surface area contributed by atoms with Gasteiger partial charge in [0.2, 0.25) is 0 Å². The quantitative estimate of drug-likeness (QED) is 0.771. The maximum Gasteiger partial charge on any atom is 0.118 e. The van der Waals surface area contributed by atoms with Gasteiger partial charge < -0.3 is 14.6 Å². The van der Waals surface area contributed by atoms with Crippen molar-refractivity contribution in [1.29, 1.82) is 0 Å². The van der Waals surface area contributed by atoms with Gasteiger partial charge in [-0.1, -0.05) is 12.1 Å². The second-order valence-corrected chi connectivity index (χ2v) is 4.55. The van der Waals surface area contributed by atoms with Gasteiger partial charge in [0.1, 0.15) is 11.6 Å². The lowest BCUT2D eigenvalue weighted by Gasteiger charge is -2.06. The van der Waals surface area contributed by atoms with E-state index in [-0.39, 0.29) is 0 Å². The summed E-state index contributed by atoms with van der Waals surface area (Å²) in [5, 5.41) is 3.44. The molecule has 4 nitrogen and oxygen atoms in total. The second-order valence-electron chi connectivity index (χ2n) is 4.55. The summed E-state index contributed by atoms with van der Waals surface area (Å²) in [7, 11) is 3.72. The van der Waals surface area contributed by atoms with Crippen molar-refractivity contribution >= 4 is 0 Å². The van der Waals surface area contributed by atoms with Crippen LogP contribution in [0.5, 0.6) is 5.75 Å². The van der Waals surface area contributed by atoms with Crippen molar-refractivity contribution in [3.63, 3.8) is 0 Å². The van der Waals surface area contributed by atoms with Gasteiger partial charge in [-0.15, -0.1) is 0 Å². The van der Waals surface area contributed by atoms with E-state index >= 15 is 0 Å². The van der Waals surface area contributed by atoms with Crippen LogP contribution in [-0.2, 0) is 19.9 Å². The number of benzene rings is 1. The number of nitrogens with one attached hydrogen (secondary N) is 1. The first-order valence-electron chi connectivity index (χ1n) is 6.59. The Morgan fingerprint density at radius 2 is 1.89 bits per heavy atom. The zero-order valence-electron chi connectivity index (χ0n) is 11.6. The van der Waals surface area contributed by atoms with E-state index in [1.54, 1.807) is 7.11 Å². The summed E-state index contributed by atoms with van der Waals surface area (Å²) >= 11 is 0. The highest BCUT2D eigenvalue weighted by Gasteiger charge is 1.98. The number of hydrogen-bond acceptors (Lipinski definition) is 3. The number of methoxy groups -OCH3 is 1. The van der Waals surface area contributed by atoms with E-state index in [0.29, 0.717) is 0 Å². The first-order chi connectivity index (χ1) is 9.29. The zero-order chi connectivity index (χ0) is 13.5. The maximum atomic E-state index is 5.14. The third-order valence-corrected chi connectivity index (χ3v) is 3.20. The molecule has 0 aliphatic heterocycles. The monoisotopic (exact) mass is 259 g/mol. The largest absolute Gasteiger partial charge is 0.497 e. The minimum Gasteiger partial charge on any atom is -0.497 e. The number of aryl methyl sites for hydroxylation is 1. The lowest BCUT2D eigenvalue weighted by Crippen LogP contribution is -2.21. The molecule has 102 valence electrons. The Kier molecular flexibility index (Phi) is 4.98. The number of ether oxygens (including phenoxy) is 1. The van der Waals surface area contributed by atoms with Crippen LogP contribution in [0, 0.1) is 0 Å². The highest BCUT2D eigenvalue weighted by atomic mass is 16.5. The molecule has 0 fully saturated rings. The van der Waals surface area contributed by atoms with Crippen LogP contribution in [0.25, 0.3) is 0 Å². The summed E-state index contributed by atoms with van der Waals surface area (Å²) in [4.78, 5) is 4.30. The first kappa shape index (κ1) is 13.6. The molecule has 2 aromatic rings. The van der Waals surface area contributed by atoms with Gasteiger partial charge in [0.25, 0.3) is 0 Å². The van der Waals surface area contributed by atoms with Crippen LogP contribution in [0.15, 0.2) is 36.7 Å². The molecule has 0 spiro atoms. The predicted molar refractivity (Wildman–Crippen MR) is 76.5 cm³/mol. The van der Waals surface area contributed by atoms with Gasteiger partial charge >= 0.3 is 0 Å². The Morgan fingerprint density at radius 1 is 1.16 bits per heavy atom. The lowest BCUT2D eigenvalue weighted by atomic mass is 10.1. The van der Waals surface area contributed by atoms with Crippen molar-refractivity contribution in [2.24, 2.45) is 7.05 Å². The van der Waals surface area contributed by atoms with Gasteiger partial charge in [0, 0.05) is 32.4 Å². The van der Waals surface area contributed by atoms with Crippen molar-refractivity contribution in [2.45, 2.75) is 12.8 Å². The van der Waals surface area contributed by atoms with Crippen molar-refractivity contribution in [3.05, 3.63) is 48.0 Å². The van der Waals surface area contributed by atoms with E-state index in [2.05, 4.69) is 27.0 Å². The molecular weight excluding hydrogens is 238 g/mol. The molecule has 0 aliphatic carbocycles. The smallest absolute Gasteiger partial charge is 0.118 e. The second kappa shape index (κ2) is 6.95. The molecular formula is C15H21N3O. The molecule has 0 unspecified atom stereocenters. The molecule has 1 aromatic heterocycles. The predicted octanol–water partition coefficient (Wildman–Crippen LogP) is 1.80. The summed E-state index contributed by atoms with van der Waals surface area (Å²) < 4.78 is 7.20. The van der Waals surface area contributed by atoms with Crippen molar-refractivity contribution in [1.82, 2.24) is 14.9 Å². The minimum atomic E-state index is 0.909. The Hall–Kier alpha value is -1.81. The molecule has 2 rings (SSSR count). The summed E-state index contributed by atoms with van der Waals surface area (Å²) in [6.07, 6.45) is 5.82. The van der Waals surface area contributed by atoms with Gasteiger partial charge in [0.15, 0.2) is 0 Å². The fraction of sp³-hybridized carbons (Fsp3) is 0.400. The van der Waals surface area contributed by atoms with Crippen LogP contribution in [0.3, 0.4) is 0 Å². The molecule has 0 aliphatic rings. The number of rotatable bonds is 7. The molecule has 0 saturated heterocycles. The van der Waals surface area contributed by atoms with Crippen LogP contribution in [0.1, 0.15) is 11.4 Å². The van der Waals surface area contributed by atoms with Gasteiger partial charge in [-0.3, -0.25) is 0 Å². The van der Waals surface area contributed by atoms with Gasteiger partial charge in [-0.2, -0.15) is 0 Å². The van der Waals surface area contributed by atoms with Gasteiger partial charge in [0.05, 0.1) is 7.11 Å². The number of aromatic nitrogens is 2. The van der Waals surface area contributed by atoms with E-state index in [9.17, 15) is 0 Å². The third-order valence-electron chi connectivity index (χ3n) is 3.20. The third kappa shape index (κ3) is 4.10. The van der Waals surface area contributed by atoms with E-state index in [4.69, 9.17) is 4.74 Å². The Labute approximate surface area is 114 Å². The molecule has 0 radical (unpaired) electrons. The average Bonchev–Trinajstić information content (AvgIpc) is 2.85. The number of imidazole rings is 1. The van der Waals surface area contributed by atoms with Gasteiger partial charge in [-0.25, -0.2) is 4.98 Å². The van der Waals surface area contributed by atoms with Crippen LogP contribution in [0.4, 0.5) is 0 Å². The van der Waals surface area contributed by atoms with E-state index < -0.39 is 0 Å². The molecule has 1 heterocycles. The molecule has 1 N–H and O–H groups in total. The van der Waals surface area contributed by atoms with Gasteiger partial charge in [-0.05, 0) is 30.7 Å². The molecule has 1 aromatic carbocycles. The van der Waals surface area contributed by atoms with E-state index in [1.807, 2.05) is 31.6 Å². The highest BCUT2D eigenvalue weighted by Crippen LogP contribution is 2.11. The molecule has 0 atom stereocenters. The summed E-state index contributed by atoms with van der Waals surface area (Å²) in [6, 6.07) is 8.23. The minimum absolute atomic E-state index is 0.909. The van der Waals surface area contributed by atoms with Crippen molar-refractivity contribution in [2.75, 3.05) is 20.2 Å². The summed E-state index contributed by atoms with van der Waals surface area (Å²) in [5.74, 6) is 2.03. The van der Waals surface area contributed by atoms with Crippen LogP contribution < -0.4 is 10.1 Å². The standard InChI is InChI=1S/C15H21N3O/c1-18-12-11-17-15(18)8-10-16-9-7-13-3-5-14(19-2)6-4-13/h3-6,11-12,16H,7-10H2,1-2H3. The molecule has 0 bridgehead atoms. The zero-order valence-corrected chi connectivity index (χ0v) is 11.6. The Balaban J connectivity index is 1.65. The van der Waals surface area contributed by atoms with Crippen LogP contribution in [-0.4, -0.2) is 29.8 Å². The van der Waals surface area contributed by atoms with E-state index in [0.717, 1.165) is 37.5 Å². The normalized spacial score (nSPS) is 10.6. The SMILES string of the molecule is COc1ccc(CCNCCc2nccn2C)cc1. The maximum absolute atomic E-state index is 5.14. The molecule has 4 heteroatoms. The molecule has 0 amide bonds. The van der Waals surface area contributed by atoms with Crippen molar-refractivity contribution in [3.8, 4) is 5.75 Å². The lowest BCUT2D eigenvalue weighted by molar-refractivity contribution is 0.414. The van der Waals surface area contributed by atoms with Crippen LogP contribution in [0.2, 0.25) is 0 Å². The highest BCUT2D eigenvalue weighted by molar-refractivity contribution is 5.27. The Bertz CT molecular complexity index is 490. The number of nitrogens with zero attached hydrogens (tertiary/aromatic N) is 2. The fourth-order valence-corrected chi connectivity index (χ4v) is 1.99. The van der Waals surface area contributed by atoms with Crippen molar-refractivity contribution < 1.29 is 4.74 Å². The first-order valence-corrected chi connectivity index (χ1v) is 6.59. The fourth-order valence-electron chi connectivity index (χ4n) is 1.99. The summed E-state index contributed by atoms with van der Waals surface area (Å²) in [6.45, 7) is 1.94. The molecule has 0 saturated carbocycles.